The largest absolute Gasteiger partial charge is 0.373 e. The minimum absolute atomic E-state index is 0.0971. The highest BCUT2D eigenvalue weighted by molar-refractivity contribution is 14.1. The summed E-state index contributed by atoms with van der Waals surface area (Å²) in [5.74, 6) is 1.02. The zero-order chi connectivity index (χ0) is 13.0. The van der Waals surface area contributed by atoms with Crippen molar-refractivity contribution in [3.05, 3.63) is 20.2 Å². The summed E-state index contributed by atoms with van der Waals surface area (Å²) in [5.41, 5.74) is 1.02. The van der Waals surface area contributed by atoms with Crippen LogP contribution in [0, 0.1) is 9.49 Å². The third kappa shape index (κ3) is 3.76. The molecule has 0 radical (unpaired) electrons. The van der Waals surface area contributed by atoms with Gasteiger partial charge in [-0.15, -0.1) is 0 Å². The second-order valence-electron chi connectivity index (χ2n) is 4.28. The molecule has 3 nitrogen and oxygen atoms in total. The number of hydrogen-bond donors (Lipinski definition) is 0. The van der Waals surface area contributed by atoms with Gasteiger partial charge in [0.1, 0.15) is 11.3 Å². The molecule has 1 aromatic rings. The minimum Gasteiger partial charge on any atom is -0.373 e. The Hall–Kier alpha value is 0.0600. The van der Waals surface area contributed by atoms with E-state index in [2.05, 4.69) is 53.3 Å². The molecule has 1 rings (SSSR count). The molecule has 1 unspecified atom stereocenters. The van der Waals surface area contributed by atoms with Crippen molar-refractivity contribution in [2.24, 2.45) is 5.92 Å². The van der Waals surface area contributed by atoms with E-state index in [1.807, 2.05) is 0 Å². The Morgan fingerprint density at radius 2 is 2.00 bits per heavy atom. The Kier molecular flexibility index (Phi) is 6.09. The summed E-state index contributed by atoms with van der Waals surface area (Å²) in [7, 11) is 1.68. The lowest BCUT2D eigenvalue weighted by atomic mass is 10.1. The first-order valence-electron chi connectivity index (χ1n) is 5.75. The van der Waals surface area contributed by atoms with Gasteiger partial charge in [0.15, 0.2) is 5.82 Å². The van der Waals surface area contributed by atoms with Crippen LogP contribution < -0.4 is 0 Å². The summed E-state index contributed by atoms with van der Waals surface area (Å²) in [6, 6.07) is 0. The van der Waals surface area contributed by atoms with E-state index in [1.54, 1.807) is 7.11 Å². The van der Waals surface area contributed by atoms with Gasteiger partial charge < -0.3 is 4.74 Å². The highest BCUT2D eigenvalue weighted by Gasteiger charge is 2.21. The van der Waals surface area contributed by atoms with Crippen LogP contribution in [0.1, 0.15) is 44.8 Å². The molecule has 5 heteroatoms. The average molecular weight is 369 g/mol. The van der Waals surface area contributed by atoms with Crippen molar-refractivity contribution in [2.75, 3.05) is 7.11 Å². The Labute approximate surface area is 121 Å². The summed E-state index contributed by atoms with van der Waals surface area (Å²) in [6.07, 6.45) is 1.87. The SMILES string of the molecule is CCCc1nc(C(OC)C(C)C)nc(Cl)c1I. The van der Waals surface area contributed by atoms with Crippen LogP contribution in [0.25, 0.3) is 0 Å². The predicted octanol–water partition coefficient (Wildman–Crippen LogP) is 4.03. The van der Waals surface area contributed by atoms with Crippen molar-refractivity contribution in [1.29, 1.82) is 0 Å². The fourth-order valence-corrected chi connectivity index (χ4v) is 2.39. The Bertz CT molecular complexity index is 385. The first kappa shape index (κ1) is 15.1. The number of nitrogens with zero attached hydrogens (tertiary/aromatic N) is 2. The molecule has 96 valence electrons. The van der Waals surface area contributed by atoms with E-state index in [4.69, 9.17) is 16.3 Å². The lowest BCUT2D eigenvalue weighted by Crippen LogP contribution is -2.15. The topological polar surface area (TPSA) is 35.0 Å². The monoisotopic (exact) mass is 368 g/mol. The summed E-state index contributed by atoms with van der Waals surface area (Å²) < 4.78 is 6.39. The zero-order valence-corrected chi connectivity index (χ0v) is 13.5. The second-order valence-corrected chi connectivity index (χ2v) is 5.72. The Balaban J connectivity index is 3.16. The highest BCUT2D eigenvalue weighted by Crippen LogP contribution is 2.27. The number of methoxy groups -OCH3 is 1. The van der Waals surface area contributed by atoms with Crippen molar-refractivity contribution >= 4 is 34.2 Å². The molecular formula is C12H18ClIN2O. The Morgan fingerprint density at radius 1 is 1.35 bits per heavy atom. The average Bonchev–Trinajstić information content (AvgIpc) is 2.26. The fraction of sp³-hybridized carbons (Fsp3) is 0.667. The summed E-state index contributed by atoms with van der Waals surface area (Å²) in [6.45, 7) is 6.30. The molecule has 0 amide bonds. The van der Waals surface area contributed by atoms with E-state index in [1.165, 1.54) is 0 Å². The molecule has 17 heavy (non-hydrogen) atoms. The predicted molar refractivity (Wildman–Crippen MR) is 78.3 cm³/mol. The molecular weight excluding hydrogens is 351 g/mol. The van der Waals surface area contributed by atoms with Crippen molar-refractivity contribution in [1.82, 2.24) is 9.97 Å². The highest BCUT2D eigenvalue weighted by atomic mass is 127. The molecule has 0 bridgehead atoms. The van der Waals surface area contributed by atoms with Crippen LogP contribution >= 0.6 is 34.2 Å². The molecule has 1 aromatic heterocycles. The maximum Gasteiger partial charge on any atom is 0.159 e. The second kappa shape index (κ2) is 6.85. The zero-order valence-electron chi connectivity index (χ0n) is 10.6. The van der Waals surface area contributed by atoms with E-state index >= 15 is 0 Å². The van der Waals surface area contributed by atoms with Crippen molar-refractivity contribution < 1.29 is 4.74 Å². The molecule has 0 saturated carbocycles. The van der Waals surface area contributed by atoms with Crippen molar-refractivity contribution in [3.8, 4) is 0 Å². The van der Waals surface area contributed by atoms with Gasteiger partial charge >= 0.3 is 0 Å². The number of hydrogen-bond acceptors (Lipinski definition) is 3. The van der Waals surface area contributed by atoms with Gasteiger partial charge in [0, 0.05) is 7.11 Å². The third-order valence-corrected chi connectivity index (χ3v) is 4.22. The summed E-state index contributed by atoms with van der Waals surface area (Å²) in [5, 5.41) is 0.529. The van der Waals surface area contributed by atoms with Crippen LogP contribution in [0.3, 0.4) is 0 Å². The van der Waals surface area contributed by atoms with Crippen LogP contribution in [0.4, 0.5) is 0 Å². The lowest BCUT2D eigenvalue weighted by Gasteiger charge is -2.19. The van der Waals surface area contributed by atoms with Crippen LogP contribution in [0.2, 0.25) is 5.15 Å². The molecule has 0 saturated heterocycles. The first-order chi connectivity index (χ1) is 8.01. The maximum absolute atomic E-state index is 6.15. The quantitative estimate of drug-likeness (QED) is 0.581. The van der Waals surface area contributed by atoms with Crippen LogP contribution in [0.5, 0.6) is 0 Å². The van der Waals surface area contributed by atoms with Crippen molar-refractivity contribution in [2.45, 2.75) is 39.7 Å². The fourth-order valence-electron chi connectivity index (χ4n) is 1.69. The number of rotatable bonds is 5. The summed E-state index contributed by atoms with van der Waals surface area (Å²) >= 11 is 8.35. The molecule has 0 aromatic carbocycles. The standard InChI is InChI=1S/C12H18ClIN2O/c1-5-6-8-9(14)11(13)16-12(15-8)10(17-4)7(2)3/h7,10H,5-6H2,1-4H3. The molecule has 1 atom stereocenters. The molecule has 0 aliphatic rings. The molecule has 0 fully saturated rings. The van der Waals surface area contributed by atoms with E-state index in [-0.39, 0.29) is 6.10 Å². The molecule has 0 N–H and O–H groups in total. The van der Waals surface area contributed by atoms with Gasteiger partial charge in [0.25, 0.3) is 0 Å². The smallest absolute Gasteiger partial charge is 0.159 e. The maximum atomic E-state index is 6.15. The van der Waals surface area contributed by atoms with Gasteiger partial charge in [-0.1, -0.05) is 38.8 Å². The number of halogens is 2. The van der Waals surface area contributed by atoms with E-state index in [0.717, 1.165) is 22.1 Å². The van der Waals surface area contributed by atoms with Gasteiger partial charge in [-0.25, -0.2) is 9.97 Å². The normalized spacial score (nSPS) is 13.1. The molecule has 0 aliphatic heterocycles. The van der Waals surface area contributed by atoms with Gasteiger partial charge in [0.2, 0.25) is 0 Å². The molecule has 0 aliphatic carbocycles. The minimum atomic E-state index is -0.0971. The van der Waals surface area contributed by atoms with Gasteiger partial charge in [-0.2, -0.15) is 0 Å². The number of ether oxygens (including phenoxy) is 1. The van der Waals surface area contributed by atoms with Crippen LogP contribution in [-0.2, 0) is 11.2 Å². The van der Waals surface area contributed by atoms with Gasteiger partial charge in [-0.3, -0.25) is 0 Å². The Morgan fingerprint density at radius 3 is 2.47 bits per heavy atom. The van der Waals surface area contributed by atoms with Gasteiger partial charge in [-0.05, 0) is 34.9 Å². The summed E-state index contributed by atoms with van der Waals surface area (Å²) in [4.78, 5) is 8.92. The molecule has 0 spiro atoms. The van der Waals surface area contributed by atoms with Crippen LogP contribution in [-0.4, -0.2) is 17.1 Å². The van der Waals surface area contributed by atoms with Crippen molar-refractivity contribution in [3.63, 3.8) is 0 Å². The number of aromatic nitrogens is 2. The first-order valence-corrected chi connectivity index (χ1v) is 7.21. The van der Waals surface area contributed by atoms with E-state index in [9.17, 15) is 0 Å². The van der Waals surface area contributed by atoms with E-state index in [0.29, 0.717) is 16.9 Å². The number of aryl methyl sites for hydroxylation is 1. The van der Waals surface area contributed by atoms with E-state index < -0.39 is 0 Å². The van der Waals surface area contributed by atoms with Gasteiger partial charge in [0.05, 0.1) is 9.26 Å². The molecule has 1 heterocycles. The lowest BCUT2D eigenvalue weighted by molar-refractivity contribution is 0.0572. The van der Waals surface area contributed by atoms with Crippen LogP contribution in [0.15, 0.2) is 0 Å². The third-order valence-electron chi connectivity index (χ3n) is 2.50.